The van der Waals surface area contributed by atoms with Gasteiger partial charge in [-0.25, -0.2) is 4.79 Å². The molecule has 0 heterocycles. The predicted octanol–water partition coefficient (Wildman–Crippen LogP) is 8.53. The monoisotopic (exact) mass is 627 g/mol. The first kappa shape index (κ1) is 37.8. The van der Waals surface area contributed by atoms with Crippen LogP contribution < -0.4 is 5.32 Å². The summed E-state index contributed by atoms with van der Waals surface area (Å²) < 4.78 is 76.1. The third-order valence-electron chi connectivity index (χ3n) is 5.99. The summed E-state index contributed by atoms with van der Waals surface area (Å²) in [6.45, 7) is 9.78. The van der Waals surface area contributed by atoms with Crippen molar-refractivity contribution in [3.05, 3.63) is 29.3 Å². The quantitative estimate of drug-likeness (QED) is 0.0712. The number of rotatable bonds is 19. The Morgan fingerprint density at radius 2 is 1.68 bits per heavy atom. The van der Waals surface area contributed by atoms with Gasteiger partial charge in [0.15, 0.2) is 7.37 Å². The van der Waals surface area contributed by atoms with Crippen molar-refractivity contribution < 1.29 is 41.3 Å². The standard InChI is InChI=1S/C29H49F3NO6PS/c1-8-9-10-11-12-13-18-41-25-15-14-23(19-24(25)29(30,31)32)16-17-28(20-37-22-36-5,21-38-40(6,7)35)33-26(34)39-27(2,3)4/h14-15,19H,8-13,16-18,20-22H2,1-7H3,(H,33,34). The predicted molar refractivity (Wildman–Crippen MR) is 159 cm³/mol. The van der Waals surface area contributed by atoms with Gasteiger partial charge in [-0.3, -0.25) is 4.57 Å². The molecular weight excluding hydrogens is 578 g/mol. The molecule has 1 unspecified atom stereocenters. The molecule has 0 aliphatic heterocycles. The summed E-state index contributed by atoms with van der Waals surface area (Å²) in [5.41, 5.74) is -2.26. The van der Waals surface area contributed by atoms with Crippen LogP contribution in [-0.4, -0.2) is 63.4 Å². The Bertz CT molecular complexity index is 967. The maximum Gasteiger partial charge on any atom is 0.417 e. The molecule has 0 aromatic heterocycles. The molecular formula is C29H49F3NO6PS. The first-order valence-electron chi connectivity index (χ1n) is 14.1. The Balaban J connectivity index is 3.15. The molecule has 12 heteroatoms. The van der Waals surface area contributed by atoms with Crippen molar-refractivity contribution in [3.8, 4) is 0 Å². The van der Waals surface area contributed by atoms with Crippen molar-refractivity contribution in [2.75, 3.05) is 46.2 Å². The van der Waals surface area contributed by atoms with Gasteiger partial charge in [-0.1, -0.05) is 45.1 Å². The average molecular weight is 628 g/mol. The van der Waals surface area contributed by atoms with Gasteiger partial charge in [-0.15, -0.1) is 11.8 Å². The summed E-state index contributed by atoms with van der Waals surface area (Å²) in [5, 5.41) is 2.78. The number of hydrogen-bond acceptors (Lipinski definition) is 7. The topological polar surface area (TPSA) is 83.1 Å². The van der Waals surface area contributed by atoms with Crippen LogP contribution in [0.4, 0.5) is 18.0 Å². The van der Waals surface area contributed by atoms with E-state index >= 15 is 0 Å². The molecule has 41 heavy (non-hydrogen) atoms. The van der Waals surface area contributed by atoms with Crippen molar-refractivity contribution in [1.29, 1.82) is 0 Å². The van der Waals surface area contributed by atoms with Gasteiger partial charge in [0.2, 0.25) is 0 Å². The Morgan fingerprint density at radius 3 is 2.27 bits per heavy atom. The maximum atomic E-state index is 14.0. The van der Waals surface area contributed by atoms with Crippen molar-refractivity contribution >= 4 is 25.2 Å². The zero-order chi connectivity index (χ0) is 31.2. The van der Waals surface area contributed by atoms with E-state index in [2.05, 4.69) is 12.2 Å². The van der Waals surface area contributed by atoms with Crippen molar-refractivity contribution in [3.63, 3.8) is 0 Å². The minimum Gasteiger partial charge on any atom is -0.444 e. The fourth-order valence-corrected chi connectivity index (χ4v) is 5.59. The van der Waals surface area contributed by atoms with E-state index in [0.717, 1.165) is 32.1 Å². The fourth-order valence-electron chi connectivity index (χ4n) is 3.97. The van der Waals surface area contributed by atoms with Crippen LogP contribution in [0.3, 0.4) is 0 Å². The summed E-state index contributed by atoms with van der Waals surface area (Å²) >= 11 is 1.23. The number of nitrogens with one attached hydrogen (secondary N) is 1. The number of carbonyl (C=O) groups is 1. The lowest BCUT2D eigenvalue weighted by molar-refractivity contribution is -0.139. The van der Waals surface area contributed by atoms with Crippen LogP contribution in [0, 0.1) is 0 Å². The lowest BCUT2D eigenvalue weighted by atomic mass is 9.92. The minimum absolute atomic E-state index is 0.0869. The number of carbonyl (C=O) groups excluding carboxylic acids is 1. The zero-order valence-corrected chi connectivity index (χ0v) is 27.4. The van der Waals surface area contributed by atoms with E-state index in [1.165, 1.54) is 50.8 Å². The Morgan fingerprint density at radius 1 is 1.02 bits per heavy atom. The van der Waals surface area contributed by atoms with Gasteiger partial charge in [0.25, 0.3) is 0 Å². The molecule has 1 N–H and O–H groups in total. The summed E-state index contributed by atoms with van der Waals surface area (Å²) in [5.74, 6) is 0.625. The molecule has 1 rings (SSSR count). The summed E-state index contributed by atoms with van der Waals surface area (Å²) in [6, 6.07) is 4.37. The van der Waals surface area contributed by atoms with E-state index in [4.69, 9.17) is 18.7 Å². The van der Waals surface area contributed by atoms with E-state index in [0.29, 0.717) is 11.3 Å². The highest BCUT2D eigenvalue weighted by atomic mass is 32.2. The van der Waals surface area contributed by atoms with Crippen LogP contribution >= 0.6 is 19.1 Å². The molecule has 238 valence electrons. The molecule has 0 bridgehead atoms. The normalized spacial score (nSPS) is 14.1. The lowest BCUT2D eigenvalue weighted by Gasteiger charge is -2.35. The number of alkyl halides is 3. The van der Waals surface area contributed by atoms with Gasteiger partial charge >= 0.3 is 12.3 Å². The molecule has 0 radical (unpaired) electrons. The number of amides is 1. The van der Waals surface area contributed by atoms with Crippen LogP contribution in [0.25, 0.3) is 0 Å². The van der Waals surface area contributed by atoms with Gasteiger partial charge in [0.05, 0.1) is 24.3 Å². The second kappa shape index (κ2) is 17.8. The number of unbranched alkanes of at least 4 members (excludes halogenated alkanes) is 5. The number of benzene rings is 1. The van der Waals surface area contributed by atoms with Crippen molar-refractivity contribution in [1.82, 2.24) is 5.32 Å². The number of methoxy groups -OCH3 is 1. The summed E-state index contributed by atoms with van der Waals surface area (Å²) in [6.07, 6.45) is 1.51. The molecule has 0 spiro atoms. The highest BCUT2D eigenvalue weighted by Crippen LogP contribution is 2.40. The van der Waals surface area contributed by atoms with Gasteiger partial charge in [0.1, 0.15) is 12.4 Å². The summed E-state index contributed by atoms with van der Waals surface area (Å²) in [4.78, 5) is 13.0. The van der Waals surface area contributed by atoms with Gasteiger partial charge in [-0.05, 0) is 63.5 Å². The molecule has 0 saturated heterocycles. The first-order valence-corrected chi connectivity index (χ1v) is 17.6. The second-order valence-corrected chi connectivity index (χ2v) is 15.5. The van der Waals surface area contributed by atoms with Gasteiger partial charge in [0, 0.05) is 25.3 Å². The highest BCUT2D eigenvalue weighted by molar-refractivity contribution is 7.99. The van der Waals surface area contributed by atoms with Crippen LogP contribution in [-0.2, 0) is 35.9 Å². The minimum atomic E-state index is -4.51. The van der Waals surface area contributed by atoms with E-state index in [9.17, 15) is 22.5 Å². The maximum absolute atomic E-state index is 14.0. The zero-order valence-electron chi connectivity index (χ0n) is 25.7. The Kier molecular flexibility index (Phi) is 16.4. The van der Waals surface area contributed by atoms with Gasteiger partial charge < -0.3 is 24.1 Å². The van der Waals surface area contributed by atoms with Gasteiger partial charge in [-0.2, -0.15) is 13.2 Å². The largest absolute Gasteiger partial charge is 0.444 e. The number of alkyl carbamates (subject to hydrolysis) is 1. The van der Waals surface area contributed by atoms with Crippen LogP contribution in [0.5, 0.6) is 0 Å². The molecule has 1 atom stereocenters. The van der Waals surface area contributed by atoms with E-state index in [1.807, 2.05) is 0 Å². The van der Waals surface area contributed by atoms with E-state index < -0.39 is 36.3 Å². The third kappa shape index (κ3) is 16.8. The average Bonchev–Trinajstić information content (AvgIpc) is 2.84. The SMILES string of the molecule is CCCCCCCCSc1ccc(CCC(COCOC)(COP(C)(C)=O)NC(=O)OC(C)(C)C)cc1C(F)(F)F. The van der Waals surface area contributed by atoms with Crippen molar-refractivity contribution in [2.24, 2.45) is 0 Å². The van der Waals surface area contributed by atoms with E-state index in [1.54, 1.807) is 26.8 Å². The molecule has 7 nitrogen and oxygen atoms in total. The fraction of sp³-hybridized carbons (Fsp3) is 0.759. The first-order chi connectivity index (χ1) is 19.0. The van der Waals surface area contributed by atoms with Crippen molar-refractivity contribution in [2.45, 2.75) is 101 Å². The number of halogens is 3. The molecule has 0 aliphatic carbocycles. The van der Waals surface area contributed by atoms with Crippen LogP contribution in [0.2, 0.25) is 0 Å². The number of hydrogen-bond donors (Lipinski definition) is 1. The second-order valence-electron chi connectivity index (χ2n) is 11.6. The molecule has 1 aromatic carbocycles. The smallest absolute Gasteiger partial charge is 0.417 e. The molecule has 0 saturated carbocycles. The third-order valence-corrected chi connectivity index (χ3v) is 7.91. The molecule has 1 aromatic rings. The van der Waals surface area contributed by atoms with Crippen LogP contribution in [0.15, 0.2) is 23.1 Å². The number of ether oxygens (including phenoxy) is 3. The molecule has 1 amide bonds. The Hall–Kier alpha value is -1.26. The summed E-state index contributed by atoms with van der Waals surface area (Å²) in [7, 11) is -1.53. The Labute approximate surface area is 248 Å². The highest BCUT2D eigenvalue weighted by Gasteiger charge is 2.37. The number of aryl methyl sites for hydroxylation is 1. The molecule has 0 aliphatic rings. The van der Waals surface area contributed by atoms with E-state index in [-0.39, 0.29) is 37.7 Å². The number of thioether (sulfide) groups is 1. The lowest BCUT2D eigenvalue weighted by Crippen LogP contribution is -2.56. The van der Waals surface area contributed by atoms with Crippen LogP contribution in [0.1, 0.15) is 83.8 Å². The molecule has 0 fully saturated rings.